The van der Waals surface area contributed by atoms with Crippen molar-refractivity contribution in [3.05, 3.63) is 41.8 Å². The number of sulfone groups is 1. The Bertz CT molecular complexity index is 509. The molecule has 1 aromatic carbocycles. The van der Waals surface area contributed by atoms with E-state index >= 15 is 0 Å². The van der Waals surface area contributed by atoms with Gasteiger partial charge in [-0.25, -0.2) is 8.42 Å². The normalized spacial score (nSPS) is 13.1. The predicted octanol–water partition coefficient (Wildman–Crippen LogP) is 2.19. The molecule has 4 nitrogen and oxygen atoms in total. The first kappa shape index (κ1) is 15.3. The van der Waals surface area contributed by atoms with Crippen LogP contribution in [0.5, 0.6) is 0 Å². The first-order valence-corrected chi connectivity index (χ1v) is 7.75. The lowest BCUT2D eigenvalue weighted by molar-refractivity contribution is 0.521. The van der Waals surface area contributed by atoms with Crippen molar-refractivity contribution in [1.29, 1.82) is 0 Å². The molecular weight excluding hydrogens is 262 g/mol. The lowest BCUT2D eigenvalue weighted by Crippen LogP contribution is -2.25. The largest absolute Gasteiger partial charge is 0.665 e. The van der Waals surface area contributed by atoms with Crippen molar-refractivity contribution in [2.75, 3.05) is 0 Å². The lowest BCUT2D eigenvalue weighted by atomic mass is 10.1. The van der Waals surface area contributed by atoms with E-state index in [4.69, 9.17) is 0 Å². The third-order valence-electron chi connectivity index (χ3n) is 2.67. The highest BCUT2D eigenvalue weighted by Crippen LogP contribution is 2.12. The molecule has 1 rings (SSSR count). The first-order chi connectivity index (χ1) is 9.10. The molecule has 0 fully saturated rings. The van der Waals surface area contributed by atoms with Crippen LogP contribution in [0, 0.1) is 0 Å². The Morgan fingerprint density at radius 2 is 2.00 bits per heavy atom. The molecule has 0 aromatic heterocycles. The fourth-order valence-electron chi connectivity index (χ4n) is 1.60. The third-order valence-corrected chi connectivity index (χ3v) is 4.12. The molecule has 0 aliphatic rings. The summed E-state index contributed by atoms with van der Waals surface area (Å²) in [5.41, 5.74) is 0. The smallest absolute Gasteiger partial charge is 0.219 e. The Balaban J connectivity index is 2.79. The predicted molar refractivity (Wildman–Crippen MR) is 74.9 cm³/mol. The average Bonchev–Trinajstić information content (AvgIpc) is 2.43. The summed E-state index contributed by atoms with van der Waals surface area (Å²) in [7, 11) is -3.45. The summed E-state index contributed by atoms with van der Waals surface area (Å²) in [6.45, 7) is 2.03. The molecule has 102 valence electrons. The highest BCUT2D eigenvalue weighted by molar-refractivity contribution is 7.94. The van der Waals surface area contributed by atoms with Crippen LogP contribution < -0.4 is 5.32 Å². The molecular formula is C14H18NO3S+. The maximum Gasteiger partial charge on any atom is 0.665 e. The van der Waals surface area contributed by atoms with E-state index in [0.717, 1.165) is 18.2 Å². The summed E-state index contributed by atoms with van der Waals surface area (Å²) in [5, 5.41) is 3.63. The minimum absolute atomic E-state index is 0.246. The van der Waals surface area contributed by atoms with Gasteiger partial charge in [0, 0.05) is 5.41 Å². The van der Waals surface area contributed by atoms with Crippen LogP contribution in [0.25, 0.3) is 0 Å². The van der Waals surface area contributed by atoms with Crippen molar-refractivity contribution in [3.8, 4) is 0 Å². The maximum atomic E-state index is 12.0. The molecule has 5 heteroatoms. The number of hydrogen-bond acceptors (Lipinski definition) is 3. The van der Waals surface area contributed by atoms with Gasteiger partial charge in [0.25, 0.3) is 0 Å². The van der Waals surface area contributed by atoms with E-state index in [0.29, 0.717) is 6.42 Å². The van der Waals surface area contributed by atoms with Gasteiger partial charge in [0.15, 0.2) is 9.84 Å². The Morgan fingerprint density at radius 1 is 1.32 bits per heavy atom. The zero-order chi connectivity index (χ0) is 14.1. The van der Waals surface area contributed by atoms with E-state index in [1.807, 2.05) is 6.92 Å². The van der Waals surface area contributed by atoms with Crippen molar-refractivity contribution in [3.63, 3.8) is 0 Å². The molecule has 1 N–H and O–H groups in total. The molecule has 1 atom stereocenters. The summed E-state index contributed by atoms with van der Waals surface area (Å²) in [6.07, 6.45) is 5.70. The molecule has 0 aliphatic carbocycles. The summed E-state index contributed by atoms with van der Waals surface area (Å²) in [5.74, 6) is 0. The molecule has 0 saturated heterocycles. The van der Waals surface area contributed by atoms with Crippen LogP contribution in [0.3, 0.4) is 0 Å². The van der Waals surface area contributed by atoms with E-state index in [-0.39, 0.29) is 10.9 Å². The Kier molecular flexibility index (Phi) is 6.19. The van der Waals surface area contributed by atoms with Gasteiger partial charge in [0.1, 0.15) is 0 Å². The lowest BCUT2D eigenvalue weighted by Gasteiger charge is -2.04. The van der Waals surface area contributed by atoms with Gasteiger partial charge in [-0.3, -0.25) is 0 Å². The van der Waals surface area contributed by atoms with E-state index in [1.165, 1.54) is 6.08 Å². The second kappa shape index (κ2) is 7.67. The van der Waals surface area contributed by atoms with Gasteiger partial charge in [-0.1, -0.05) is 38.0 Å². The molecule has 0 bridgehead atoms. The van der Waals surface area contributed by atoms with Crippen LogP contribution in [-0.2, 0) is 14.6 Å². The fraction of sp³-hybridized carbons (Fsp3) is 0.357. The summed E-state index contributed by atoms with van der Waals surface area (Å²) < 4.78 is 24.0. The van der Waals surface area contributed by atoms with E-state index < -0.39 is 9.84 Å². The summed E-state index contributed by atoms with van der Waals surface area (Å²) >= 11 is 0. The van der Waals surface area contributed by atoms with Crippen molar-refractivity contribution >= 4 is 16.2 Å². The molecule has 0 unspecified atom stereocenters. The Labute approximate surface area is 114 Å². The monoisotopic (exact) mass is 280 g/mol. The van der Waals surface area contributed by atoms with Crippen molar-refractivity contribution in [2.24, 2.45) is 0 Å². The first-order valence-electron chi connectivity index (χ1n) is 6.21. The molecule has 1 aromatic rings. The zero-order valence-corrected chi connectivity index (χ0v) is 11.7. The SMILES string of the molecule is CCCC[C@@H](/C=C/S(=O)(=O)c1ccccc1)N[C+]=O. The van der Waals surface area contributed by atoms with Crippen LogP contribution >= 0.6 is 0 Å². The Morgan fingerprint density at radius 3 is 2.58 bits per heavy atom. The standard InChI is InChI=1S/C14H18NO3S/c1-2-3-7-13(15-12-16)10-11-19(17,18)14-8-5-4-6-9-14/h4-6,8-11,13H,2-3,7H2,1H3,(H,15,16)/q+1/b11-10+/t13-/m0/s1. The topological polar surface area (TPSA) is 63.2 Å². The van der Waals surface area contributed by atoms with Gasteiger partial charge in [-0.05, 0) is 24.6 Å². The number of nitrogens with one attached hydrogen (secondary N) is 1. The minimum atomic E-state index is -3.45. The molecule has 1 amide bonds. The van der Waals surface area contributed by atoms with Crippen LogP contribution in [0.1, 0.15) is 26.2 Å². The fourth-order valence-corrected chi connectivity index (χ4v) is 2.69. The second-order valence-electron chi connectivity index (χ2n) is 4.18. The van der Waals surface area contributed by atoms with Crippen molar-refractivity contribution in [1.82, 2.24) is 5.32 Å². The number of rotatable bonds is 8. The quantitative estimate of drug-likeness (QED) is 0.586. The molecule has 0 heterocycles. The van der Waals surface area contributed by atoms with Gasteiger partial charge in [0.2, 0.25) is 0 Å². The van der Waals surface area contributed by atoms with Crippen LogP contribution in [0.4, 0.5) is 0 Å². The molecule has 19 heavy (non-hydrogen) atoms. The second-order valence-corrected chi connectivity index (χ2v) is 6.02. The van der Waals surface area contributed by atoms with E-state index in [2.05, 4.69) is 5.32 Å². The molecule has 0 aliphatic heterocycles. The van der Waals surface area contributed by atoms with E-state index in [9.17, 15) is 13.2 Å². The average molecular weight is 280 g/mol. The number of hydrogen-bond donors (Lipinski definition) is 1. The number of unbranched alkanes of at least 4 members (excludes halogenated alkanes) is 1. The van der Waals surface area contributed by atoms with Crippen molar-refractivity contribution < 1.29 is 13.2 Å². The molecule has 0 spiro atoms. The molecule has 0 saturated carbocycles. The summed E-state index contributed by atoms with van der Waals surface area (Å²) in [4.78, 5) is 10.6. The minimum Gasteiger partial charge on any atom is -0.219 e. The molecule has 0 radical (unpaired) electrons. The van der Waals surface area contributed by atoms with Gasteiger partial charge in [-0.2, -0.15) is 0 Å². The van der Waals surface area contributed by atoms with E-state index in [1.54, 1.807) is 36.7 Å². The van der Waals surface area contributed by atoms with Gasteiger partial charge in [-0.15, -0.1) is 5.32 Å². The highest BCUT2D eigenvalue weighted by atomic mass is 32.2. The van der Waals surface area contributed by atoms with Gasteiger partial charge in [0.05, 0.1) is 15.7 Å². The zero-order valence-electron chi connectivity index (χ0n) is 10.9. The van der Waals surface area contributed by atoms with Crippen molar-refractivity contribution in [2.45, 2.75) is 37.1 Å². The highest BCUT2D eigenvalue weighted by Gasteiger charge is 2.14. The van der Waals surface area contributed by atoms with Crippen LogP contribution in [0.2, 0.25) is 0 Å². The Hall–Kier alpha value is -1.71. The van der Waals surface area contributed by atoms with Crippen LogP contribution in [0.15, 0.2) is 46.7 Å². The third kappa shape index (κ3) is 5.20. The van der Waals surface area contributed by atoms with Gasteiger partial charge < -0.3 is 0 Å². The van der Waals surface area contributed by atoms with Gasteiger partial charge >= 0.3 is 6.41 Å². The van der Waals surface area contributed by atoms with Crippen LogP contribution in [-0.4, -0.2) is 20.9 Å². The number of benzene rings is 1. The number of carbonyl (C=O) groups excluding carboxylic acids is 1. The summed E-state index contributed by atoms with van der Waals surface area (Å²) in [6, 6.07) is 7.89. The maximum absolute atomic E-state index is 12.0. The number of amides is 1.